The van der Waals surface area contributed by atoms with E-state index in [0.717, 1.165) is 0 Å². The lowest BCUT2D eigenvalue weighted by Crippen LogP contribution is -2.18. The molecule has 0 aliphatic carbocycles. The number of rotatable bonds is 8. The lowest BCUT2D eigenvalue weighted by atomic mass is 9.77. The van der Waals surface area contributed by atoms with Gasteiger partial charge in [0.25, 0.3) is 0 Å². The largest absolute Gasteiger partial charge is 0.507 e. The molecule has 0 saturated carbocycles. The second kappa shape index (κ2) is 29.4. The summed E-state index contributed by atoms with van der Waals surface area (Å²) in [4.78, 5) is 87.0. The molecule has 9 heterocycles. The van der Waals surface area contributed by atoms with Crippen molar-refractivity contribution >= 4 is 91.7 Å². The monoisotopic (exact) mass is 1690 g/mol. The molecular formula is C96H122N16O4S4. The number of nitrogens with zero attached hydrogens (tertiary/aromatic N) is 14. The first-order chi connectivity index (χ1) is 54.6. The maximum atomic E-state index is 12.6. The normalized spacial score (nSPS) is 13.8. The van der Waals surface area contributed by atoms with Gasteiger partial charge in [0.1, 0.15) is 87.9 Å². The lowest BCUT2D eigenvalue weighted by Gasteiger charge is -2.29. The molecule has 11 aromatic rings. The first-order valence-corrected chi connectivity index (χ1v) is 44.7. The van der Waals surface area contributed by atoms with E-state index in [4.69, 9.17) is 69.8 Å². The molecule has 2 aliphatic rings. The summed E-state index contributed by atoms with van der Waals surface area (Å²) in [5, 5.41) is 53.0. The van der Waals surface area contributed by atoms with Crippen LogP contribution in [0.4, 0.5) is 0 Å². The summed E-state index contributed by atoms with van der Waals surface area (Å²) in [5.74, 6) is 1.35. The molecule has 0 radical (unpaired) electrons. The van der Waals surface area contributed by atoms with Crippen LogP contribution in [-0.2, 0) is 43.3 Å². The van der Waals surface area contributed by atoms with E-state index in [1.807, 2.05) is 48.5 Å². The molecule has 8 bridgehead atoms. The van der Waals surface area contributed by atoms with Crippen LogP contribution in [0, 0.1) is 0 Å². The zero-order valence-corrected chi connectivity index (χ0v) is 80.6. The van der Waals surface area contributed by atoms with Crippen LogP contribution < -0.4 is 0 Å². The first kappa shape index (κ1) is 88.9. The average Bonchev–Trinajstić information content (AvgIpc) is 1.09. The zero-order valence-electron chi connectivity index (χ0n) is 77.3. The Morgan fingerprint density at radius 2 is 0.367 bits per heavy atom. The highest BCUT2D eigenvalue weighted by molar-refractivity contribution is 8.04. The molecule has 0 spiro atoms. The summed E-state index contributed by atoms with van der Waals surface area (Å²) < 4.78 is -1.25. The number of fused-ring (bicyclic) bond motifs is 20. The van der Waals surface area contributed by atoms with Gasteiger partial charge in [0.2, 0.25) is 0 Å². The van der Waals surface area contributed by atoms with Crippen LogP contribution in [0.15, 0.2) is 68.6 Å². The third kappa shape index (κ3) is 17.9. The Morgan fingerprint density at radius 3 is 0.550 bits per heavy atom. The van der Waals surface area contributed by atoms with Crippen molar-refractivity contribution in [3.05, 3.63) is 93.0 Å². The quantitative estimate of drug-likeness (QED) is 0.0771. The van der Waals surface area contributed by atoms with Crippen LogP contribution in [-0.4, -0.2) is 119 Å². The van der Waals surface area contributed by atoms with E-state index in [-0.39, 0.29) is 105 Å². The topological polar surface area (TPSA) is 293 Å². The molecule has 7 aromatic heterocycles. The summed E-state index contributed by atoms with van der Waals surface area (Å²) in [6.07, 6.45) is 0. The van der Waals surface area contributed by atoms with Crippen LogP contribution in [0.3, 0.4) is 0 Å². The number of phenols is 4. The van der Waals surface area contributed by atoms with Gasteiger partial charge in [-0.25, -0.2) is 69.8 Å². The summed E-state index contributed by atoms with van der Waals surface area (Å²) >= 11 is 6.44. The van der Waals surface area contributed by atoms with Gasteiger partial charge in [-0.3, -0.25) is 0 Å². The van der Waals surface area contributed by atoms with Crippen molar-refractivity contribution in [2.24, 2.45) is 0 Å². The Morgan fingerprint density at radius 1 is 0.200 bits per heavy atom. The molecule has 13 rings (SSSR count). The summed E-state index contributed by atoms with van der Waals surface area (Å²) in [6.45, 7) is 76.1. The van der Waals surface area contributed by atoms with Crippen molar-refractivity contribution < 1.29 is 20.4 Å². The highest BCUT2D eigenvalue weighted by atomic mass is 32.2. The van der Waals surface area contributed by atoms with E-state index < -0.39 is 43.3 Å². The molecule has 24 heteroatoms. The van der Waals surface area contributed by atoms with Gasteiger partial charge in [-0.2, -0.15) is 0 Å². The molecule has 2 aliphatic heterocycles. The highest BCUT2D eigenvalue weighted by Crippen LogP contribution is 2.53. The van der Waals surface area contributed by atoms with Gasteiger partial charge in [-0.15, -0.1) is 0 Å². The third-order valence-corrected chi connectivity index (χ3v) is 25.2. The number of aromatic hydroxyl groups is 4. The van der Waals surface area contributed by atoms with Crippen LogP contribution in [0.25, 0.3) is 136 Å². The Bertz CT molecular complexity index is 6090. The van der Waals surface area contributed by atoms with Gasteiger partial charge < -0.3 is 30.4 Å². The molecular weight excluding hydrogens is 1570 g/mol. The molecule has 0 saturated heterocycles. The second-order valence-electron chi connectivity index (χ2n) is 44.4. The molecule has 0 atom stereocenters. The van der Waals surface area contributed by atoms with Crippen molar-refractivity contribution in [3.63, 3.8) is 0 Å². The van der Waals surface area contributed by atoms with Crippen LogP contribution in [0.2, 0.25) is 0 Å². The number of thioether (sulfide) groups is 4. The number of benzene rings is 4. The third-order valence-electron chi connectivity index (χ3n) is 20.6. The minimum Gasteiger partial charge on any atom is -0.507 e. The molecule has 0 fully saturated rings. The van der Waals surface area contributed by atoms with Crippen molar-refractivity contribution in [1.29, 1.82) is 0 Å². The molecule has 4 aromatic carbocycles. The minimum absolute atomic E-state index is 0.0934. The Hall–Kier alpha value is -8.84. The summed E-state index contributed by atoms with van der Waals surface area (Å²) in [6, 6.07) is 16.1. The van der Waals surface area contributed by atoms with Gasteiger partial charge in [0.15, 0.2) is 45.9 Å². The highest BCUT2D eigenvalue weighted by Gasteiger charge is 2.39. The van der Waals surface area contributed by atoms with Crippen molar-refractivity contribution in [2.45, 2.75) is 332 Å². The molecule has 20 nitrogen and oxygen atoms in total. The fourth-order valence-electron chi connectivity index (χ4n) is 14.8. The second-order valence-corrected chi connectivity index (χ2v) is 51.7. The number of phenolic OH excluding ortho intramolecular Hbond substituents is 4. The van der Waals surface area contributed by atoms with E-state index in [1.165, 1.54) is 0 Å². The Balaban J connectivity index is 1.32. The molecule has 0 unspecified atom stereocenters. The lowest BCUT2D eigenvalue weighted by molar-refractivity contribution is 0.422. The van der Waals surface area contributed by atoms with Crippen LogP contribution in [0.5, 0.6) is 23.0 Å². The van der Waals surface area contributed by atoms with Crippen LogP contribution >= 0.6 is 47.0 Å². The van der Waals surface area contributed by atoms with Crippen molar-refractivity contribution in [3.8, 4) is 114 Å². The molecule has 6 N–H and O–H groups in total. The Kier molecular flexibility index (Phi) is 21.8. The van der Waals surface area contributed by atoms with E-state index in [2.05, 4.69) is 259 Å². The number of hydrogen-bond donors (Lipinski definition) is 6. The average molecular weight is 1690 g/mol. The summed E-state index contributed by atoms with van der Waals surface area (Å²) in [7, 11) is 0. The number of aromatic nitrogens is 16. The standard InChI is InChI=1S/C96H122N16O4S4/c1-85(2,3)49-37-45(38-50(69(49)113)86(4,5)6)57-59(47-41-53(89(13,14)15)71(115)54(42-47)90(16,17)18)99-63-61(97-57)73-105-74-62-64(100-60(48-43-55(91(19,20)21)72(116)56(44-48)92(22,23)24)58(98-62)46-39-51(87(7,8)9)70(114)52(40-46)88(10,11)12)76(107-74)109-78-66-68(104-84(120-96(34,35)36)82(102-66)118-94(28,29)30)80(111-78)112-79-67-65(77(110-79)108-75(63)106-73)101-81(117-93(25,26)27)83(103-67)119-95(31,32)33/h37-44,113-116H,1-36H3,(H2,105,106,107,108,109,110,111,112). The predicted octanol–water partition coefficient (Wildman–Crippen LogP) is 25.5. The number of nitrogens with one attached hydrogen (secondary N) is 2. The van der Waals surface area contributed by atoms with E-state index in [0.29, 0.717) is 138 Å². The van der Waals surface area contributed by atoms with Gasteiger partial charge >= 0.3 is 0 Å². The Labute approximate surface area is 725 Å². The minimum atomic E-state index is -0.568. The van der Waals surface area contributed by atoms with E-state index >= 15 is 0 Å². The van der Waals surface area contributed by atoms with E-state index in [9.17, 15) is 20.4 Å². The summed E-state index contributed by atoms with van der Waals surface area (Å²) in [5.41, 5.74) is 9.21. The SMILES string of the molecule is CC(C)(C)Sc1nc2c(nc1SC(C)(C)C)-c1nc-2nc2[nH]c(nc3nc(nc4[nH]c(n1)c1nc(-c5cc(C(C)(C)C)c(O)c(C(C)(C)C)c5)c(-c5cc(C(C)(C)C)c(O)c(C(C)(C)C)c5)nc41)-c1nc(-c4cc(C(C)(C)C)c(O)c(C(C)(C)C)c4)c(-c4cc(C(C)(C)C)c(O)c(C(C)(C)C)c4)nc1-3)c1nc(SC(C)(C)C)c(SC(C)(C)C)nc21. The smallest absolute Gasteiger partial charge is 0.184 e. The van der Waals surface area contributed by atoms with Gasteiger partial charge in [0, 0.05) is 85.7 Å². The maximum Gasteiger partial charge on any atom is 0.184 e. The number of hydrogen-bond acceptors (Lipinski definition) is 22. The molecule has 634 valence electrons. The predicted molar refractivity (Wildman–Crippen MR) is 499 cm³/mol. The number of H-pyrrole nitrogens is 2. The number of aromatic amines is 2. The van der Waals surface area contributed by atoms with Crippen LogP contribution in [0.1, 0.15) is 294 Å². The fourth-order valence-corrected chi connectivity index (χ4v) is 18.7. The van der Waals surface area contributed by atoms with Gasteiger partial charge in [-0.1, -0.05) is 296 Å². The van der Waals surface area contributed by atoms with E-state index in [1.54, 1.807) is 47.0 Å². The van der Waals surface area contributed by atoms with Gasteiger partial charge in [-0.05, 0) is 91.9 Å². The molecule has 0 amide bonds. The zero-order chi connectivity index (χ0) is 88.9. The van der Waals surface area contributed by atoms with Crippen molar-refractivity contribution in [1.82, 2.24) is 79.7 Å². The van der Waals surface area contributed by atoms with Crippen molar-refractivity contribution in [2.75, 3.05) is 0 Å². The molecule has 120 heavy (non-hydrogen) atoms. The fraction of sp³-hybridized carbons (Fsp3) is 0.500. The maximum absolute atomic E-state index is 12.6. The first-order valence-electron chi connectivity index (χ1n) is 41.4. The van der Waals surface area contributed by atoms with Gasteiger partial charge in [0.05, 0.1) is 22.8 Å².